The fraction of sp³-hybridized carbons (Fsp3) is 0.474. The molecule has 0 aliphatic rings. The summed E-state index contributed by atoms with van der Waals surface area (Å²) in [5.74, 6) is 0.691. The first-order valence-corrected chi connectivity index (χ1v) is 7.68. The summed E-state index contributed by atoms with van der Waals surface area (Å²) < 4.78 is 0. The summed E-state index contributed by atoms with van der Waals surface area (Å²) in [6.45, 7) is 10.1. The van der Waals surface area contributed by atoms with Crippen molar-refractivity contribution in [3.05, 3.63) is 47.5 Å². The van der Waals surface area contributed by atoms with Crippen LogP contribution in [0.3, 0.4) is 0 Å². The lowest BCUT2D eigenvalue weighted by Crippen LogP contribution is -2.25. The smallest absolute Gasteiger partial charge is 0.0239 e. The van der Waals surface area contributed by atoms with Crippen LogP contribution in [-0.4, -0.2) is 18.0 Å². The summed E-state index contributed by atoms with van der Waals surface area (Å²) in [7, 11) is 2.20. The maximum atomic E-state index is 2.40. The van der Waals surface area contributed by atoms with Gasteiger partial charge in [-0.05, 0) is 55.1 Å². The van der Waals surface area contributed by atoms with E-state index in [0.717, 1.165) is 13.0 Å². The topological polar surface area (TPSA) is 3.24 Å². The normalized spacial score (nSPS) is 12.0. The van der Waals surface area contributed by atoms with Crippen LogP contribution in [0.2, 0.25) is 0 Å². The van der Waals surface area contributed by atoms with Crippen molar-refractivity contribution in [2.24, 2.45) is 5.92 Å². The van der Waals surface area contributed by atoms with Crippen LogP contribution in [0, 0.1) is 5.92 Å². The van der Waals surface area contributed by atoms with Gasteiger partial charge in [-0.25, -0.2) is 0 Å². The summed E-state index contributed by atoms with van der Waals surface area (Å²) in [4.78, 5) is 2.40. The molecule has 0 saturated carbocycles. The predicted octanol–water partition coefficient (Wildman–Crippen LogP) is 4.88. The zero-order valence-electron chi connectivity index (χ0n) is 13.5. The van der Waals surface area contributed by atoms with Gasteiger partial charge in [-0.3, -0.25) is 4.90 Å². The fourth-order valence-electron chi connectivity index (χ4n) is 2.69. The molecule has 0 atom stereocenters. The van der Waals surface area contributed by atoms with E-state index in [1.165, 1.54) is 21.9 Å². The van der Waals surface area contributed by atoms with E-state index in [1.54, 1.807) is 0 Å². The van der Waals surface area contributed by atoms with Crippen molar-refractivity contribution in [2.45, 2.75) is 46.7 Å². The van der Waals surface area contributed by atoms with Gasteiger partial charge in [0.2, 0.25) is 0 Å². The summed E-state index contributed by atoms with van der Waals surface area (Å²) in [6, 6.07) is 14.0. The highest BCUT2D eigenvalue weighted by Crippen LogP contribution is 2.26. The molecule has 20 heavy (non-hydrogen) atoms. The van der Waals surface area contributed by atoms with E-state index in [9.17, 15) is 0 Å². The van der Waals surface area contributed by atoms with Crippen molar-refractivity contribution in [1.82, 2.24) is 4.90 Å². The molecular weight excluding hydrogens is 242 g/mol. The Bertz CT molecular complexity index is 564. The number of fused-ring (bicyclic) bond motifs is 1. The molecule has 0 heterocycles. The maximum Gasteiger partial charge on any atom is 0.0239 e. The molecule has 0 N–H and O–H groups in total. The molecule has 2 rings (SSSR count). The van der Waals surface area contributed by atoms with Gasteiger partial charge in [-0.15, -0.1) is 0 Å². The van der Waals surface area contributed by atoms with Crippen molar-refractivity contribution in [3.8, 4) is 0 Å². The zero-order valence-corrected chi connectivity index (χ0v) is 13.5. The summed E-state index contributed by atoms with van der Waals surface area (Å²) in [5.41, 5.74) is 2.94. The Hall–Kier alpha value is -1.34. The lowest BCUT2D eigenvalue weighted by Gasteiger charge is -2.23. The van der Waals surface area contributed by atoms with Gasteiger partial charge in [0.15, 0.2) is 0 Å². The maximum absolute atomic E-state index is 2.40. The third kappa shape index (κ3) is 3.40. The number of hydrogen-bond acceptors (Lipinski definition) is 1. The molecule has 0 unspecified atom stereocenters. The zero-order chi connectivity index (χ0) is 14.7. The first-order chi connectivity index (χ1) is 9.49. The number of hydrogen-bond donors (Lipinski definition) is 0. The van der Waals surface area contributed by atoms with Crippen LogP contribution in [0.5, 0.6) is 0 Å². The molecule has 0 aliphatic carbocycles. The molecule has 0 aliphatic heterocycles. The number of rotatable bonds is 5. The van der Waals surface area contributed by atoms with Crippen LogP contribution < -0.4 is 0 Å². The van der Waals surface area contributed by atoms with E-state index in [-0.39, 0.29) is 0 Å². The van der Waals surface area contributed by atoms with E-state index in [4.69, 9.17) is 0 Å². The van der Waals surface area contributed by atoms with Crippen molar-refractivity contribution >= 4 is 10.8 Å². The van der Waals surface area contributed by atoms with Crippen LogP contribution in [0.4, 0.5) is 0 Å². The minimum absolute atomic E-state index is 0.572. The Morgan fingerprint density at radius 3 is 2.05 bits per heavy atom. The first-order valence-electron chi connectivity index (χ1n) is 7.68. The molecule has 2 aromatic rings. The summed E-state index contributed by atoms with van der Waals surface area (Å²) >= 11 is 0. The van der Waals surface area contributed by atoms with E-state index >= 15 is 0 Å². The second-order valence-electron chi connectivity index (χ2n) is 6.54. The minimum atomic E-state index is 0.572. The monoisotopic (exact) mass is 269 g/mol. The third-order valence-corrected chi connectivity index (χ3v) is 4.01. The third-order valence-electron chi connectivity index (χ3n) is 4.01. The Morgan fingerprint density at radius 2 is 1.50 bits per heavy atom. The summed E-state index contributed by atoms with van der Waals surface area (Å²) in [6.07, 6.45) is 1.15. The molecule has 0 radical (unpaired) electrons. The van der Waals surface area contributed by atoms with Crippen molar-refractivity contribution in [1.29, 1.82) is 0 Å². The van der Waals surface area contributed by atoms with Crippen LogP contribution >= 0.6 is 0 Å². The van der Waals surface area contributed by atoms with Gasteiger partial charge in [0.05, 0.1) is 0 Å². The minimum Gasteiger partial charge on any atom is -0.300 e. The summed E-state index contributed by atoms with van der Waals surface area (Å²) in [5, 5.41) is 2.84. The van der Waals surface area contributed by atoms with E-state index in [2.05, 4.69) is 76.0 Å². The van der Waals surface area contributed by atoms with Gasteiger partial charge in [-0.2, -0.15) is 0 Å². The van der Waals surface area contributed by atoms with E-state index in [0.29, 0.717) is 12.0 Å². The lowest BCUT2D eigenvalue weighted by molar-refractivity contribution is 0.266. The molecule has 108 valence electrons. The standard InChI is InChI=1S/C19H27N/c1-14(2)12-17-10-6-8-16-9-7-11-18(19(16)17)13-20(5)15(3)4/h6-11,14-15H,12-13H2,1-5H3. The van der Waals surface area contributed by atoms with Crippen molar-refractivity contribution in [2.75, 3.05) is 7.05 Å². The quantitative estimate of drug-likeness (QED) is 0.748. The molecule has 2 aromatic carbocycles. The van der Waals surface area contributed by atoms with Crippen LogP contribution in [0.15, 0.2) is 36.4 Å². The molecule has 0 bridgehead atoms. The fourth-order valence-corrected chi connectivity index (χ4v) is 2.69. The highest BCUT2D eigenvalue weighted by Gasteiger charge is 2.11. The largest absolute Gasteiger partial charge is 0.300 e. The second-order valence-corrected chi connectivity index (χ2v) is 6.54. The molecule has 1 nitrogen and oxygen atoms in total. The molecule has 0 fully saturated rings. The molecule has 0 spiro atoms. The molecule has 0 saturated heterocycles. The Labute approximate surface area is 123 Å². The Morgan fingerprint density at radius 1 is 0.900 bits per heavy atom. The molecule has 0 amide bonds. The van der Waals surface area contributed by atoms with Crippen LogP contribution in [0.25, 0.3) is 10.8 Å². The lowest BCUT2D eigenvalue weighted by atomic mass is 9.93. The van der Waals surface area contributed by atoms with Gasteiger partial charge < -0.3 is 0 Å². The molecule has 0 aromatic heterocycles. The molecule has 1 heteroatoms. The van der Waals surface area contributed by atoms with Gasteiger partial charge in [0.1, 0.15) is 0 Å². The number of benzene rings is 2. The van der Waals surface area contributed by atoms with Gasteiger partial charge in [-0.1, -0.05) is 50.2 Å². The van der Waals surface area contributed by atoms with Crippen LogP contribution in [-0.2, 0) is 13.0 Å². The van der Waals surface area contributed by atoms with Crippen molar-refractivity contribution < 1.29 is 0 Å². The SMILES string of the molecule is CC(C)Cc1cccc2cccc(CN(C)C(C)C)c12. The Kier molecular flexibility index (Phi) is 4.82. The highest BCUT2D eigenvalue weighted by atomic mass is 15.1. The predicted molar refractivity (Wildman–Crippen MR) is 89.1 cm³/mol. The first kappa shape index (κ1) is 15.1. The average Bonchev–Trinajstić information content (AvgIpc) is 2.38. The van der Waals surface area contributed by atoms with E-state index in [1.807, 2.05) is 0 Å². The van der Waals surface area contributed by atoms with Crippen LogP contribution in [0.1, 0.15) is 38.8 Å². The van der Waals surface area contributed by atoms with Crippen molar-refractivity contribution in [3.63, 3.8) is 0 Å². The van der Waals surface area contributed by atoms with Gasteiger partial charge in [0.25, 0.3) is 0 Å². The van der Waals surface area contributed by atoms with Gasteiger partial charge in [0, 0.05) is 12.6 Å². The van der Waals surface area contributed by atoms with E-state index < -0.39 is 0 Å². The highest BCUT2D eigenvalue weighted by molar-refractivity contribution is 5.89. The second kappa shape index (κ2) is 6.41. The number of nitrogens with zero attached hydrogens (tertiary/aromatic N) is 1. The van der Waals surface area contributed by atoms with Gasteiger partial charge >= 0.3 is 0 Å². The molecular formula is C19H27N. The Balaban J connectivity index is 2.48. The average molecular weight is 269 g/mol.